The summed E-state index contributed by atoms with van der Waals surface area (Å²) in [7, 11) is 0. The zero-order valence-corrected chi connectivity index (χ0v) is 15.9. The smallest absolute Gasteiger partial charge is 0.387 e. The van der Waals surface area contributed by atoms with Gasteiger partial charge in [0.2, 0.25) is 0 Å². The van der Waals surface area contributed by atoms with Crippen LogP contribution in [0.25, 0.3) is 0 Å². The highest BCUT2D eigenvalue weighted by molar-refractivity contribution is 5.79. The Labute approximate surface area is 161 Å². The minimum atomic E-state index is -3.07. The maximum Gasteiger partial charge on any atom is 0.387 e. The number of ether oxygens (including phenoxy) is 1. The maximum atomic E-state index is 14.0. The predicted octanol–water partition coefficient (Wildman–Crippen LogP) is 3.29. The van der Waals surface area contributed by atoms with Crippen molar-refractivity contribution >= 4 is 5.96 Å². The third kappa shape index (κ3) is 5.91. The average molecular weight is 399 g/mol. The molecule has 0 radical (unpaired) electrons. The third-order valence-electron chi connectivity index (χ3n) is 3.90. The van der Waals surface area contributed by atoms with Gasteiger partial charge in [0.25, 0.3) is 0 Å². The van der Waals surface area contributed by atoms with Crippen molar-refractivity contribution in [1.82, 2.24) is 10.6 Å². The number of rotatable bonds is 8. The molecule has 0 spiro atoms. The Bertz CT molecular complexity index is 807. The molecule has 1 heterocycles. The molecule has 1 atom stereocenters. The van der Waals surface area contributed by atoms with Gasteiger partial charge in [-0.2, -0.15) is 8.78 Å². The van der Waals surface area contributed by atoms with Gasteiger partial charge in [-0.1, -0.05) is 6.07 Å². The molecule has 0 aliphatic rings. The minimum Gasteiger partial charge on any atom is -0.463 e. The fraction of sp³-hybridized carbons (Fsp3) is 0.421. The zero-order chi connectivity index (χ0) is 20.7. The van der Waals surface area contributed by atoms with Crippen molar-refractivity contribution in [3.8, 4) is 5.75 Å². The lowest BCUT2D eigenvalue weighted by Crippen LogP contribution is -2.44. The first-order chi connectivity index (χ1) is 13.2. The van der Waals surface area contributed by atoms with Crippen LogP contribution < -0.4 is 15.4 Å². The van der Waals surface area contributed by atoms with Crippen LogP contribution in [0.1, 0.15) is 30.9 Å². The van der Waals surface area contributed by atoms with E-state index in [2.05, 4.69) is 20.4 Å². The van der Waals surface area contributed by atoms with Crippen molar-refractivity contribution in [2.24, 2.45) is 4.99 Å². The van der Waals surface area contributed by atoms with Crippen LogP contribution in [0.3, 0.4) is 0 Å². The van der Waals surface area contributed by atoms with E-state index < -0.39 is 18.0 Å². The second-order valence-electron chi connectivity index (χ2n) is 6.33. The molecule has 0 saturated carbocycles. The van der Waals surface area contributed by atoms with Crippen LogP contribution in [0.4, 0.5) is 13.2 Å². The lowest BCUT2D eigenvalue weighted by molar-refractivity contribution is -0.0506. The number of aryl methyl sites for hydroxylation is 1. The summed E-state index contributed by atoms with van der Waals surface area (Å²) in [5, 5.41) is 16.5. The number of hydrogen-bond donors (Lipinski definition) is 3. The SMILES string of the molecule is CCNC(=NCc1c(F)cccc1OC(F)F)NCC(C)(O)c1ccc(C)o1. The molecule has 3 N–H and O–H groups in total. The Morgan fingerprint density at radius 1 is 1.29 bits per heavy atom. The first kappa shape index (κ1) is 21.6. The Kier molecular flexibility index (Phi) is 7.33. The van der Waals surface area contributed by atoms with Crippen molar-refractivity contribution in [3.63, 3.8) is 0 Å². The highest BCUT2D eigenvalue weighted by atomic mass is 19.3. The van der Waals surface area contributed by atoms with E-state index >= 15 is 0 Å². The third-order valence-corrected chi connectivity index (χ3v) is 3.90. The summed E-state index contributed by atoms with van der Waals surface area (Å²) >= 11 is 0. The summed E-state index contributed by atoms with van der Waals surface area (Å²) in [5.41, 5.74) is -1.40. The Balaban J connectivity index is 2.13. The molecule has 0 fully saturated rings. The molecule has 1 aromatic heterocycles. The van der Waals surface area contributed by atoms with Crippen LogP contribution in [0, 0.1) is 12.7 Å². The minimum absolute atomic E-state index is 0.0590. The number of aliphatic imine (C=N–C) groups is 1. The second kappa shape index (κ2) is 9.50. The second-order valence-corrected chi connectivity index (χ2v) is 6.33. The molecule has 28 heavy (non-hydrogen) atoms. The van der Waals surface area contributed by atoms with Crippen LogP contribution in [-0.4, -0.2) is 30.8 Å². The highest BCUT2D eigenvalue weighted by Crippen LogP contribution is 2.24. The number of hydrogen-bond acceptors (Lipinski definition) is 4. The highest BCUT2D eigenvalue weighted by Gasteiger charge is 2.27. The number of guanidine groups is 1. The number of alkyl halides is 2. The largest absolute Gasteiger partial charge is 0.463 e. The predicted molar refractivity (Wildman–Crippen MR) is 98.9 cm³/mol. The van der Waals surface area contributed by atoms with Gasteiger partial charge in [-0.3, -0.25) is 0 Å². The molecule has 1 unspecified atom stereocenters. The molecule has 0 bridgehead atoms. The first-order valence-electron chi connectivity index (χ1n) is 8.76. The van der Waals surface area contributed by atoms with Gasteiger partial charge in [0.15, 0.2) is 5.96 Å². The molecular formula is C19H24F3N3O3. The molecule has 0 aliphatic heterocycles. The van der Waals surface area contributed by atoms with E-state index in [1.807, 2.05) is 6.92 Å². The van der Waals surface area contributed by atoms with E-state index in [4.69, 9.17) is 4.42 Å². The Hall–Kier alpha value is -2.68. The van der Waals surface area contributed by atoms with E-state index in [1.165, 1.54) is 12.1 Å². The van der Waals surface area contributed by atoms with Gasteiger partial charge in [0.05, 0.1) is 18.7 Å². The molecule has 9 heteroatoms. The normalized spacial score (nSPS) is 14.1. The molecule has 0 amide bonds. The number of nitrogens with one attached hydrogen (secondary N) is 2. The molecule has 6 nitrogen and oxygen atoms in total. The van der Waals surface area contributed by atoms with Gasteiger partial charge < -0.3 is 24.9 Å². The van der Waals surface area contributed by atoms with Crippen molar-refractivity contribution in [2.75, 3.05) is 13.1 Å². The maximum absolute atomic E-state index is 14.0. The van der Waals surface area contributed by atoms with Crippen LogP contribution in [-0.2, 0) is 12.1 Å². The fourth-order valence-electron chi connectivity index (χ4n) is 2.47. The molecule has 2 rings (SSSR count). The molecule has 1 aromatic carbocycles. The number of furan rings is 1. The summed E-state index contributed by atoms with van der Waals surface area (Å²) in [4.78, 5) is 4.20. The van der Waals surface area contributed by atoms with E-state index in [-0.39, 0.29) is 30.4 Å². The molecular weight excluding hydrogens is 375 g/mol. The number of nitrogens with zero attached hydrogens (tertiary/aromatic N) is 1. The lowest BCUT2D eigenvalue weighted by Gasteiger charge is -2.23. The quantitative estimate of drug-likeness (QED) is 0.469. The van der Waals surface area contributed by atoms with Gasteiger partial charge in [-0.05, 0) is 45.0 Å². The van der Waals surface area contributed by atoms with Crippen LogP contribution in [0.2, 0.25) is 0 Å². The Morgan fingerprint density at radius 2 is 2.04 bits per heavy atom. The summed E-state index contributed by atoms with van der Waals surface area (Å²) in [6, 6.07) is 7.10. The summed E-state index contributed by atoms with van der Waals surface area (Å²) in [6.07, 6.45) is 0. The van der Waals surface area contributed by atoms with Gasteiger partial charge in [-0.25, -0.2) is 9.38 Å². The average Bonchev–Trinajstić information content (AvgIpc) is 3.06. The molecule has 154 valence electrons. The first-order valence-corrected chi connectivity index (χ1v) is 8.76. The van der Waals surface area contributed by atoms with E-state index in [9.17, 15) is 18.3 Å². The van der Waals surface area contributed by atoms with Crippen LogP contribution in [0.5, 0.6) is 5.75 Å². The summed E-state index contributed by atoms with van der Waals surface area (Å²) in [6.45, 7) is 2.45. The van der Waals surface area contributed by atoms with Crippen LogP contribution >= 0.6 is 0 Å². The van der Waals surface area contributed by atoms with Crippen molar-refractivity contribution in [1.29, 1.82) is 0 Å². The van der Waals surface area contributed by atoms with E-state index in [0.717, 1.165) is 6.07 Å². The monoisotopic (exact) mass is 399 g/mol. The summed E-state index contributed by atoms with van der Waals surface area (Å²) < 4.78 is 48.9. The lowest BCUT2D eigenvalue weighted by atomic mass is 10.0. The number of aliphatic hydroxyl groups is 1. The molecule has 2 aromatic rings. The van der Waals surface area contributed by atoms with E-state index in [1.54, 1.807) is 26.0 Å². The van der Waals surface area contributed by atoms with E-state index in [0.29, 0.717) is 18.1 Å². The van der Waals surface area contributed by atoms with Gasteiger partial charge in [0.1, 0.15) is 28.7 Å². The topological polar surface area (TPSA) is 79.0 Å². The number of halogens is 3. The van der Waals surface area contributed by atoms with Gasteiger partial charge in [-0.15, -0.1) is 0 Å². The molecule has 0 saturated heterocycles. The van der Waals surface area contributed by atoms with Crippen molar-refractivity contribution in [3.05, 3.63) is 53.2 Å². The fourth-order valence-corrected chi connectivity index (χ4v) is 2.47. The standard InChI is InChI=1S/C19H24F3N3O3/c1-4-23-18(25-11-19(3,26)16-9-8-12(2)27-16)24-10-13-14(20)6-5-7-15(13)28-17(21)22/h5-9,17,26H,4,10-11H2,1-3H3,(H2,23,24,25). The molecule has 0 aliphatic carbocycles. The van der Waals surface area contributed by atoms with Crippen molar-refractivity contribution < 1.29 is 27.4 Å². The van der Waals surface area contributed by atoms with Gasteiger partial charge >= 0.3 is 6.61 Å². The van der Waals surface area contributed by atoms with Gasteiger partial charge in [0, 0.05) is 6.54 Å². The van der Waals surface area contributed by atoms with Crippen LogP contribution in [0.15, 0.2) is 39.7 Å². The Morgan fingerprint density at radius 3 is 2.64 bits per heavy atom. The summed E-state index contributed by atoms with van der Waals surface area (Å²) in [5.74, 6) is 0.359. The van der Waals surface area contributed by atoms with Crippen molar-refractivity contribution in [2.45, 2.75) is 39.5 Å². The zero-order valence-electron chi connectivity index (χ0n) is 15.9. The number of benzene rings is 1.